The van der Waals surface area contributed by atoms with E-state index in [0.717, 1.165) is 18.4 Å². The SMILES string of the molecule is C#CCNC(=NC)NCC1CC=CCC1.I. The molecule has 0 aromatic rings. The molecule has 0 fully saturated rings. The molecule has 2 N–H and O–H groups in total. The number of halogens is 1. The number of rotatable bonds is 3. The average Bonchev–Trinajstić information content (AvgIpc) is 2.31. The van der Waals surface area contributed by atoms with Crippen molar-refractivity contribution in [2.24, 2.45) is 10.9 Å². The molecule has 1 atom stereocenters. The molecule has 16 heavy (non-hydrogen) atoms. The van der Waals surface area contributed by atoms with Gasteiger partial charge in [-0.2, -0.15) is 0 Å². The second-order valence-corrected chi connectivity index (χ2v) is 3.66. The molecule has 0 saturated carbocycles. The minimum atomic E-state index is 0. The zero-order valence-corrected chi connectivity index (χ0v) is 12.0. The molecule has 1 aliphatic carbocycles. The van der Waals surface area contributed by atoms with Gasteiger partial charge in [-0.1, -0.05) is 18.1 Å². The fourth-order valence-corrected chi connectivity index (χ4v) is 1.64. The number of nitrogens with one attached hydrogen (secondary N) is 2. The highest BCUT2D eigenvalue weighted by Gasteiger charge is 2.09. The second-order valence-electron chi connectivity index (χ2n) is 3.66. The van der Waals surface area contributed by atoms with Gasteiger partial charge < -0.3 is 10.6 Å². The lowest BCUT2D eigenvalue weighted by Crippen LogP contribution is -2.40. The first-order valence-electron chi connectivity index (χ1n) is 5.39. The number of aliphatic imine (C=N–C) groups is 1. The van der Waals surface area contributed by atoms with Crippen molar-refractivity contribution in [3.63, 3.8) is 0 Å². The van der Waals surface area contributed by atoms with Crippen LogP contribution in [0.5, 0.6) is 0 Å². The Bertz CT molecular complexity index is 278. The van der Waals surface area contributed by atoms with Gasteiger partial charge >= 0.3 is 0 Å². The summed E-state index contributed by atoms with van der Waals surface area (Å²) in [4.78, 5) is 4.09. The number of terminal acetylenes is 1. The quantitative estimate of drug-likeness (QED) is 0.271. The minimum absolute atomic E-state index is 0. The van der Waals surface area contributed by atoms with Gasteiger partial charge in [0, 0.05) is 13.6 Å². The molecule has 1 aliphatic rings. The molecule has 3 nitrogen and oxygen atoms in total. The molecule has 0 bridgehead atoms. The van der Waals surface area contributed by atoms with Crippen LogP contribution < -0.4 is 10.6 Å². The highest BCUT2D eigenvalue weighted by atomic mass is 127. The third kappa shape index (κ3) is 6.01. The summed E-state index contributed by atoms with van der Waals surface area (Å²) in [5, 5.41) is 6.33. The maximum Gasteiger partial charge on any atom is 0.191 e. The van der Waals surface area contributed by atoms with E-state index in [0.29, 0.717) is 6.54 Å². The summed E-state index contributed by atoms with van der Waals surface area (Å²) in [6.07, 6.45) is 13.3. The highest BCUT2D eigenvalue weighted by Crippen LogP contribution is 2.16. The van der Waals surface area contributed by atoms with Crippen LogP contribution in [0.1, 0.15) is 19.3 Å². The van der Waals surface area contributed by atoms with Gasteiger partial charge in [-0.15, -0.1) is 30.4 Å². The summed E-state index contributed by atoms with van der Waals surface area (Å²) in [5.41, 5.74) is 0. The van der Waals surface area contributed by atoms with Crippen molar-refractivity contribution in [3.05, 3.63) is 12.2 Å². The molecular weight excluding hydrogens is 313 g/mol. The van der Waals surface area contributed by atoms with Gasteiger partial charge in [-0.25, -0.2) is 0 Å². The molecule has 90 valence electrons. The normalized spacial score (nSPS) is 19.5. The van der Waals surface area contributed by atoms with Crippen molar-refractivity contribution < 1.29 is 0 Å². The zero-order valence-electron chi connectivity index (χ0n) is 9.70. The van der Waals surface area contributed by atoms with Gasteiger partial charge in [0.25, 0.3) is 0 Å². The maximum atomic E-state index is 5.17. The largest absolute Gasteiger partial charge is 0.356 e. The highest BCUT2D eigenvalue weighted by molar-refractivity contribution is 14.0. The van der Waals surface area contributed by atoms with Crippen LogP contribution in [0.3, 0.4) is 0 Å². The third-order valence-electron chi connectivity index (χ3n) is 2.52. The summed E-state index contributed by atoms with van der Waals surface area (Å²) < 4.78 is 0. The van der Waals surface area contributed by atoms with E-state index in [2.05, 4.69) is 33.7 Å². The second kappa shape index (κ2) is 9.52. The predicted octanol–water partition coefficient (Wildman–Crippen LogP) is 1.76. The summed E-state index contributed by atoms with van der Waals surface area (Å²) in [7, 11) is 1.76. The summed E-state index contributed by atoms with van der Waals surface area (Å²) >= 11 is 0. The van der Waals surface area contributed by atoms with Crippen LogP contribution in [-0.2, 0) is 0 Å². The predicted molar refractivity (Wildman–Crippen MR) is 80.1 cm³/mol. The first kappa shape index (κ1) is 15.3. The van der Waals surface area contributed by atoms with E-state index in [1.54, 1.807) is 7.05 Å². The summed E-state index contributed by atoms with van der Waals surface area (Å²) in [6, 6.07) is 0. The van der Waals surface area contributed by atoms with Crippen molar-refractivity contribution in [1.82, 2.24) is 10.6 Å². The van der Waals surface area contributed by atoms with E-state index in [1.165, 1.54) is 19.3 Å². The van der Waals surface area contributed by atoms with Crippen LogP contribution >= 0.6 is 24.0 Å². The summed E-state index contributed by atoms with van der Waals surface area (Å²) in [6.45, 7) is 1.48. The fraction of sp³-hybridized carbons (Fsp3) is 0.583. The Hall–Kier alpha value is -0.700. The van der Waals surface area contributed by atoms with E-state index in [4.69, 9.17) is 6.42 Å². The van der Waals surface area contributed by atoms with Gasteiger partial charge in [0.1, 0.15) is 0 Å². The Morgan fingerprint density at radius 1 is 1.50 bits per heavy atom. The Balaban J connectivity index is 0.00000225. The van der Waals surface area contributed by atoms with Crippen LogP contribution in [0.15, 0.2) is 17.1 Å². The summed E-state index contributed by atoms with van der Waals surface area (Å²) in [5.74, 6) is 4.04. The van der Waals surface area contributed by atoms with Crippen LogP contribution in [0.4, 0.5) is 0 Å². The molecule has 0 spiro atoms. The van der Waals surface area contributed by atoms with Gasteiger partial charge in [0.05, 0.1) is 6.54 Å². The zero-order chi connectivity index (χ0) is 10.9. The molecule has 0 radical (unpaired) electrons. The number of allylic oxidation sites excluding steroid dienone is 2. The maximum absolute atomic E-state index is 5.17. The van der Waals surface area contributed by atoms with Crippen LogP contribution in [0.2, 0.25) is 0 Å². The molecule has 0 heterocycles. The lowest BCUT2D eigenvalue weighted by molar-refractivity contribution is 0.470. The van der Waals surface area contributed by atoms with Gasteiger partial charge in [0.2, 0.25) is 0 Å². The van der Waals surface area contributed by atoms with Gasteiger partial charge in [0.15, 0.2) is 5.96 Å². The topological polar surface area (TPSA) is 36.4 Å². The van der Waals surface area contributed by atoms with Crippen molar-refractivity contribution in [2.75, 3.05) is 20.1 Å². The molecule has 1 unspecified atom stereocenters. The van der Waals surface area contributed by atoms with E-state index < -0.39 is 0 Å². The Labute approximate surface area is 115 Å². The van der Waals surface area contributed by atoms with Crippen LogP contribution in [0, 0.1) is 18.3 Å². The third-order valence-corrected chi connectivity index (χ3v) is 2.52. The van der Waals surface area contributed by atoms with Crippen molar-refractivity contribution in [3.8, 4) is 12.3 Å². The molecule has 0 saturated heterocycles. The molecular formula is C12H20IN3. The average molecular weight is 333 g/mol. The molecule has 1 rings (SSSR count). The van der Waals surface area contributed by atoms with E-state index in [-0.39, 0.29) is 24.0 Å². The lowest BCUT2D eigenvalue weighted by Gasteiger charge is -2.19. The van der Waals surface area contributed by atoms with Crippen LogP contribution in [0.25, 0.3) is 0 Å². The molecule has 0 aromatic carbocycles. The Morgan fingerprint density at radius 2 is 2.31 bits per heavy atom. The van der Waals surface area contributed by atoms with Gasteiger partial charge in [-0.05, 0) is 25.2 Å². The molecule has 0 aromatic heterocycles. The van der Waals surface area contributed by atoms with Crippen molar-refractivity contribution in [1.29, 1.82) is 0 Å². The first-order valence-corrected chi connectivity index (χ1v) is 5.39. The number of hydrogen-bond donors (Lipinski definition) is 2. The molecule has 0 aliphatic heterocycles. The minimum Gasteiger partial charge on any atom is -0.356 e. The van der Waals surface area contributed by atoms with E-state index in [9.17, 15) is 0 Å². The van der Waals surface area contributed by atoms with Gasteiger partial charge in [-0.3, -0.25) is 4.99 Å². The first-order chi connectivity index (χ1) is 7.36. The number of nitrogens with zero attached hydrogens (tertiary/aromatic N) is 1. The van der Waals surface area contributed by atoms with Crippen LogP contribution in [-0.4, -0.2) is 26.1 Å². The Morgan fingerprint density at radius 3 is 2.88 bits per heavy atom. The molecule has 0 amide bonds. The fourth-order valence-electron chi connectivity index (χ4n) is 1.64. The van der Waals surface area contributed by atoms with Crippen molar-refractivity contribution >= 4 is 29.9 Å². The smallest absolute Gasteiger partial charge is 0.191 e. The standard InChI is InChI=1S/C12H19N3.HI/c1-3-9-14-12(13-2)15-10-11-7-5-4-6-8-11;/h1,4-5,11H,6-10H2,2H3,(H2,13,14,15);1H. The number of guanidine groups is 1. The van der Waals surface area contributed by atoms with E-state index in [1.807, 2.05) is 0 Å². The van der Waals surface area contributed by atoms with Crippen molar-refractivity contribution in [2.45, 2.75) is 19.3 Å². The lowest BCUT2D eigenvalue weighted by atomic mass is 9.94. The monoisotopic (exact) mass is 333 g/mol. The number of hydrogen-bond acceptors (Lipinski definition) is 1. The Kier molecular flexibility index (Phi) is 9.10. The van der Waals surface area contributed by atoms with E-state index >= 15 is 0 Å². The molecule has 4 heteroatoms.